The van der Waals surface area contributed by atoms with Gasteiger partial charge in [-0.1, -0.05) is 0 Å². The van der Waals surface area contributed by atoms with Gasteiger partial charge in [0.2, 0.25) is 17.8 Å². The summed E-state index contributed by atoms with van der Waals surface area (Å²) in [6.45, 7) is 0.562. The lowest BCUT2D eigenvalue weighted by molar-refractivity contribution is 0.841. The molecule has 0 bridgehead atoms. The molecule has 0 spiro atoms. The molecule has 0 saturated heterocycles. The normalized spacial score (nSPS) is 9.62. The van der Waals surface area contributed by atoms with Crippen LogP contribution >= 0.6 is 0 Å². The molecular weight excluding hydrogens is 206 g/mol. The predicted octanol–water partition coefficient (Wildman–Crippen LogP) is -0.130. The summed E-state index contributed by atoms with van der Waals surface area (Å²) >= 11 is 0. The van der Waals surface area contributed by atoms with Crippen LogP contribution in [-0.2, 0) is 0 Å². The first-order valence-corrected chi connectivity index (χ1v) is 4.81. The molecule has 0 aliphatic rings. The second kappa shape index (κ2) is 5.11. The van der Waals surface area contributed by atoms with E-state index in [1.165, 1.54) is 0 Å². The zero-order valence-corrected chi connectivity index (χ0v) is 9.67. The first-order valence-electron chi connectivity index (χ1n) is 4.81. The summed E-state index contributed by atoms with van der Waals surface area (Å²) in [5.74, 6) is 1.16. The molecule has 86 valence electrons. The fraction of sp³-hybridized carbons (Fsp3) is 0.556. The zero-order chi connectivity index (χ0) is 12.1. The number of aromatic nitrogens is 3. The number of nitrogens with two attached hydrogens (primary N) is 1. The molecule has 1 rings (SSSR count). The molecule has 16 heavy (non-hydrogen) atoms. The Labute approximate surface area is 94.5 Å². The number of rotatable bonds is 4. The summed E-state index contributed by atoms with van der Waals surface area (Å²) in [4.78, 5) is 15.7. The third-order valence-corrected chi connectivity index (χ3v) is 1.93. The third-order valence-electron chi connectivity index (χ3n) is 1.93. The number of hydrogen-bond acceptors (Lipinski definition) is 7. The van der Waals surface area contributed by atoms with Crippen molar-refractivity contribution in [1.82, 2.24) is 15.0 Å². The van der Waals surface area contributed by atoms with Gasteiger partial charge in [0.05, 0.1) is 12.5 Å². The van der Waals surface area contributed by atoms with Crippen LogP contribution in [0.4, 0.5) is 17.8 Å². The van der Waals surface area contributed by atoms with E-state index in [0.717, 1.165) is 0 Å². The Hall–Kier alpha value is -2.10. The molecule has 0 saturated carbocycles. The van der Waals surface area contributed by atoms with E-state index in [4.69, 9.17) is 11.0 Å². The quantitative estimate of drug-likeness (QED) is 0.756. The van der Waals surface area contributed by atoms with Crippen molar-refractivity contribution in [3.63, 3.8) is 0 Å². The number of hydrogen-bond donors (Lipinski definition) is 1. The fourth-order valence-corrected chi connectivity index (χ4v) is 1.06. The molecule has 7 nitrogen and oxygen atoms in total. The van der Waals surface area contributed by atoms with Crippen LogP contribution in [0.2, 0.25) is 0 Å². The van der Waals surface area contributed by atoms with Crippen LogP contribution in [0.25, 0.3) is 0 Å². The number of nitriles is 1. The molecule has 0 amide bonds. The lowest BCUT2D eigenvalue weighted by Crippen LogP contribution is -2.23. The maximum absolute atomic E-state index is 8.50. The topological polar surface area (TPSA) is 95.0 Å². The smallest absolute Gasteiger partial charge is 0.231 e. The average molecular weight is 221 g/mol. The molecular formula is C9H15N7. The van der Waals surface area contributed by atoms with Gasteiger partial charge in [-0.25, -0.2) is 0 Å². The van der Waals surface area contributed by atoms with Crippen LogP contribution in [0.5, 0.6) is 0 Å². The number of anilines is 3. The van der Waals surface area contributed by atoms with Crippen molar-refractivity contribution in [1.29, 1.82) is 5.26 Å². The lowest BCUT2D eigenvalue weighted by atomic mass is 10.4. The zero-order valence-electron chi connectivity index (χ0n) is 9.67. The molecule has 0 aliphatic heterocycles. The summed E-state index contributed by atoms with van der Waals surface area (Å²) in [6, 6.07) is 2.07. The number of nitrogens with zero attached hydrogens (tertiary/aromatic N) is 6. The Kier molecular flexibility index (Phi) is 3.83. The van der Waals surface area contributed by atoms with E-state index in [-0.39, 0.29) is 5.95 Å². The van der Waals surface area contributed by atoms with E-state index in [2.05, 4.69) is 21.0 Å². The van der Waals surface area contributed by atoms with E-state index in [9.17, 15) is 0 Å². The highest BCUT2D eigenvalue weighted by Gasteiger charge is 2.09. The molecule has 0 atom stereocenters. The van der Waals surface area contributed by atoms with Crippen molar-refractivity contribution in [2.45, 2.75) is 6.42 Å². The van der Waals surface area contributed by atoms with Gasteiger partial charge in [-0.2, -0.15) is 20.2 Å². The standard InChI is InChI=1S/C9H15N7/c1-15(2)8-12-7(11)13-9(14-8)16(3)6-4-5-10/h4,6H2,1-3H3,(H2,11,12,13,14). The first kappa shape index (κ1) is 12.0. The Balaban J connectivity index is 2.92. The maximum Gasteiger partial charge on any atom is 0.231 e. The van der Waals surface area contributed by atoms with E-state index in [1.54, 1.807) is 9.80 Å². The second-order valence-corrected chi connectivity index (χ2v) is 3.52. The monoisotopic (exact) mass is 221 g/mol. The van der Waals surface area contributed by atoms with Gasteiger partial charge in [-0.05, 0) is 0 Å². The molecule has 0 unspecified atom stereocenters. The van der Waals surface area contributed by atoms with Gasteiger partial charge in [0.15, 0.2) is 0 Å². The van der Waals surface area contributed by atoms with E-state index in [1.807, 2.05) is 21.1 Å². The van der Waals surface area contributed by atoms with Gasteiger partial charge in [0, 0.05) is 27.7 Å². The van der Waals surface area contributed by atoms with Crippen molar-refractivity contribution in [2.75, 3.05) is 43.2 Å². The Morgan fingerprint density at radius 1 is 1.19 bits per heavy atom. The molecule has 1 aromatic heterocycles. The molecule has 0 radical (unpaired) electrons. The largest absolute Gasteiger partial charge is 0.368 e. The summed E-state index contributed by atoms with van der Waals surface area (Å²) in [7, 11) is 5.47. The van der Waals surface area contributed by atoms with E-state index in [0.29, 0.717) is 24.9 Å². The van der Waals surface area contributed by atoms with Crippen LogP contribution in [0.3, 0.4) is 0 Å². The highest BCUT2D eigenvalue weighted by molar-refractivity contribution is 5.42. The van der Waals surface area contributed by atoms with E-state index < -0.39 is 0 Å². The van der Waals surface area contributed by atoms with Gasteiger partial charge in [-0.15, -0.1) is 0 Å². The molecule has 7 heteroatoms. The molecule has 2 N–H and O–H groups in total. The molecule has 0 fully saturated rings. The lowest BCUT2D eigenvalue weighted by Gasteiger charge is -2.17. The highest BCUT2D eigenvalue weighted by atomic mass is 15.3. The van der Waals surface area contributed by atoms with Crippen molar-refractivity contribution in [3.05, 3.63) is 0 Å². The summed E-state index contributed by atoms with van der Waals surface area (Å²) in [5.41, 5.74) is 5.58. The predicted molar refractivity (Wildman–Crippen MR) is 62.1 cm³/mol. The van der Waals surface area contributed by atoms with Gasteiger partial charge >= 0.3 is 0 Å². The molecule has 1 heterocycles. The van der Waals surface area contributed by atoms with Gasteiger partial charge < -0.3 is 15.5 Å². The number of nitrogen functional groups attached to an aromatic ring is 1. The minimum absolute atomic E-state index is 0.178. The minimum Gasteiger partial charge on any atom is -0.368 e. The van der Waals surface area contributed by atoms with Crippen LogP contribution in [-0.4, -0.2) is 42.6 Å². The van der Waals surface area contributed by atoms with Crippen molar-refractivity contribution >= 4 is 17.8 Å². The van der Waals surface area contributed by atoms with Gasteiger partial charge in [0.1, 0.15) is 0 Å². The molecule has 0 aromatic carbocycles. The Bertz CT molecular complexity index is 395. The Morgan fingerprint density at radius 3 is 2.38 bits per heavy atom. The Morgan fingerprint density at radius 2 is 1.81 bits per heavy atom. The van der Waals surface area contributed by atoms with Crippen LogP contribution < -0.4 is 15.5 Å². The van der Waals surface area contributed by atoms with Crippen LogP contribution in [0.15, 0.2) is 0 Å². The van der Waals surface area contributed by atoms with Gasteiger partial charge in [0.25, 0.3) is 0 Å². The third kappa shape index (κ3) is 2.95. The average Bonchev–Trinajstić information content (AvgIpc) is 2.24. The molecule has 1 aromatic rings. The van der Waals surface area contributed by atoms with Crippen molar-refractivity contribution < 1.29 is 0 Å². The maximum atomic E-state index is 8.50. The van der Waals surface area contributed by atoms with Gasteiger partial charge in [-0.3, -0.25) is 0 Å². The van der Waals surface area contributed by atoms with Crippen LogP contribution in [0.1, 0.15) is 6.42 Å². The summed E-state index contributed by atoms with van der Waals surface area (Å²) in [5, 5.41) is 8.50. The summed E-state index contributed by atoms with van der Waals surface area (Å²) < 4.78 is 0. The van der Waals surface area contributed by atoms with Crippen molar-refractivity contribution in [3.8, 4) is 6.07 Å². The SMILES string of the molecule is CN(C)c1nc(N)nc(N(C)CCC#N)n1. The van der Waals surface area contributed by atoms with Crippen LogP contribution in [0, 0.1) is 11.3 Å². The van der Waals surface area contributed by atoms with E-state index >= 15 is 0 Å². The second-order valence-electron chi connectivity index (χ2n) is 3.52. The van der Waals surface area contributed by atoms with Crippen molar-refractivity contribution in [2.24, 2.45) is 0 Å². The fourth-order valence-electron chi connectivity index (χ4n) is 1.06. The highest BCUT2D eigenvalue weighted by Crippen LogP contribution is 2.12. The molecule has 0 aliphatic carbocycles. The summed E-state index contributed by atoms with van der Waals surface area (Å²) in [6.07, 6.45) is 0.416. The first-order chi connectivity index (χ1) is 7.54. The minimum atomic E-state index is 0.178.